The number of hydrogen-bond acceptors (Lipinski definition) is 5. The van der Waals surface area contributed by atoms with Gasteiger partial charge in [0.15, 0.2) is 11.6 Å². The molecule has 1 atom stereocenters. The third-order valence-electron chi connectivity index (χ3n) is 4.37. The topological polar surface area (TPSA) is 72.4 Å². The van der Waals surface area contributed by atoms with Gasteiger partial charge in [-0.05, 0) is 31.4 Å². The van der Waals surface area contributed by atoms with Gasteiger partial charge in [-0.15, -0.1) is 0 Å². The third-order valence-corrected chi connectivity index (χ3v) is 4.37. The minimum atomic E-state index is -0.0470. The highest BCUT2D eigenvalue weighted by Gasteiger charge is 2.29. The van der Waals surface area contributed by atoms with Gasteiger partial charge in [-0.25, -0.2) is 0 Å². The number of furan rings is 1. The van der Waals surface area contributed by atoms with Crippen LogP contribution in [-0.4, -0.2) is 34.0 Å². The van der Waals surface area contributed by atoms with Crippen molar-refractivity contribution in [3.8, 4) is 0 Å². The molecule has 0 radical (unpaired) electrons. The molecule has 118 valence electrons. The molecule has 0 aliphatic carbocycles. The number of carbonyl (C=O) groups is 1. The molecular formula is C16H21N3O3. The zero-order valence-corrected chi connectivity index (χ0v) is 13.0. The molecule has 2 aromatic rings. The van der Waals surface area contributed by atoms with E-state index in [1.54, 1.807) is 12.1 Å². The van der Waals surface area contributed by atoms with Gasteiger partial charge in [0.2, 0.25) is 5.89 Å². The van der Waals surface area contributed by atoms with Crippen molar-refractivity contribution in [2.75, 3.05) is 13.1 Å². The minimum Gasteiger partial charge on any atom is -0.459 e. The molecule has 0 spiro atoms. The Morgan fingerprint density at radius 3 is 2.86 bits per heavy atom. The molecular weight excluding hydrogens is 282 g/mol. The maximum Gasteiger partial charge on any atom is 0.289 e. The van der Waals surface area contributed by atoms with Gasteiger partial charge in [0, 0.05) is 24.9 Å². The van der Waals surface area contributed by atoms with E-state index in [0.717, 1.165) is 25.1 Å². The number of rotatable bonds is 4. The molecule has 0 aromatic carbocycles. The first kappa shape index (κ1) is 14.8. The summed E-state index contributed by atoms with van der Waals surface area (Å²) < 4.78 is 10.6. The van der Waals surface area contributed by atoms with Crippen molar-refractivity contribution in [2.24, 2.45) is 0 Å². The van der Waals surface area contributed by atoms with Crippen LogP contribution in [-0.2, 0) is 0 Å². The molecule has 1 amide bonds. The highest BCUT2D eigenvalue weighted by atomic mass is 16.5. The molecule has 1 saturated heterocycles. The van der Waals surface area contributed by atoms with Crippen LogP contribution in [0.4, 0.5) is 0 Å². The average molecular weight is 303 g/mol. The van der Waals surface area contributed by atoms with E-state index in [0.29, 0.717) is 30.7 Å². The van der Waals surface area contributed by atoms with Crippen molar-refractivity contribution in [3.63, 3.8) is 0 Å². The second kappa shape index (κ2) is 6.34. The molecule has 3 rings (SSSR count). The first-order valence-corrected chi connectivity index (χ1v) is 7.85. The lowest BCUT2D eigenvalue weighted by Crippen LogP contribution is -2.37. The molecule has 22 heavy (non-hydrogen) atoms. The Labute approximate surface area is 129 Å². The molecule has 1 unspecified atom stereocenters. The summed E-state index contributed by atoms with van der Waals surface area (Å²) in [4.78, 5) is 18.6. The summed E-state index contributed by atoms with van der Waals surface area (Å²) in [5, 5.41) is 4.08. The van der Waals surface area contributed by atoms with E-state index >= 15 is 0 Å². The normalized spacial score (nSPS) is 17.6. The van der Waals surface area contributed by atoms with E-state index in [-0.39, 0.29) is 11.8 Å². The summed E-state index contributed by atoms with van der Waals surface area (Å²) in [6.45, 7) is 5.58. The molecule has 3 heterocycles. The Hall–Kier alpha value is -2.11. The smallest absolute Gasteiger partial charge is 0.289 e. The van der Waals surface area contributed by atoms with E-state index < -0.39 is 0 Å². The fourth-order valence-electron chi connectivity index (χ4n) is 2.68. The Bertz CT molecular complexity index is 612. The van der Waals surface area contributed by atoms with Gasteiger partial charge < -0.3 is 13.8 Å². The molecule has 2 aromatic heterocycles. The molecule has 1 fully saturated rings. The molecule has 1 aliphatic rings. The quantitative estimate of drug-likeness (QED) is 0.867. The summed E-state index contributed by atoms with van der Waals surface area (Å²) in [5.74, 6) is 2.40. The summed E-state index contributed by atoms with van der Waals surface area (Å²) in [6, 6.07) is 3.43. The van der Waals surface area contributed by atoms with Gasteiger partial charge in [0.1, 0.15) is 0 Å². The van der Waals surface area contributed by atoms with Crippen LogP contribution < -0.4 is 0 Å². The lowest BCUT2D eigenvalue weighted by atomic mass is 9.96. The van der Waals surface area contributed by atoms with Crippen LogP contribution in [0.2, 0.25) is 0 Å². The first-order chi connectivity index (χ1) is 10.7. The fourth-order valence-corrected chi connectivity index (χ4v) is 2.68. The summed E-state index contributed by atoms with van der Waals surface area (Å²) in [7, 11) is 0. The highest BCUT2D eigenvalue weighted by molar-refractivity contribution is 5.91. The van der Waals surface area contributed by atoms with Gasteiger partial charge in [0.05, 0.1) is 6.26 Å². The summed E-state index contributed by atoms with van der Waals surface area (Å²) in [5.41, 5.74) is 0. The third kappa shape index (κ3) is 2.91. The zero-order chi connectivity index (χ0) is 15.5. The number of likely N-dealkylation sites (tertiary alicyclic amines) is 1. The van der Waals surface area contributed by atoms with Crippen LogP contribution in [0.15, 0.2) is 27.3 Å². The Morgan fingerprint density at radius 2 is 2.23 bits per heavy atom. The van der Waals surface area contributed by atoms with Crippen molar-refractivity contribution >= 4 is 5.91 Å². The number of nitrogens with zero attached hydrogens (tertiary/aromatic N) is 3. The van der Waals surface area contributed by atoms with Gasteiger partial charge in [-0.3, -0.25) is 4.79 Å². The largest absolute Gasteiger partial charge is 0.459 e. The maximum atomic E-state index is 12.2. The predicted molar refractivity (Wildman–Crippen MR) is 79.6 cm³/mol. The summed E-state index contributed by atoms with van der Waals surface area (Å²) >= 11 is 0. The van der Waals surface area contributed by atoms with Gasteiger partial charge in [-0.2, -0.15) is 4.98 Å². The molecule has 0 saturated carbocycles. The standard InChI is InChI=1S/C16H21N3O3/c1-3-11(2)14-17-15(22-18-14)12-6-8-19(9-7-12)16(20)13-5-4-10-21-13/h4-5,10-12H,3,6-9H2,1-2H3. The van der Waals surface area contributed by atoms with E-state index in [9.17, 15) is 4.79 Å². The fraction of sp³-hybridized carbons (Fsp3) is 0.562. The number of carbonyl (C=O) groups excluding carboxylic acids is 1. The number of hydrogen-bond donors (Lipinski definition) is 0. The molecule has 0 N–H and O–H groups in total. The van der Waals surface area contributed by atoms with Crippen LogP contribution in [0.25, 0.3) is 0 Å². The SMILES string of the molecule is CCC(C)c1noc(C2CCN(C(=O)c3ccco3)CC2)n1. The van der Waals surface area contributed by atoms with Gasteiger partial charge >= 0.3 is 0 Å². The van der Waals surface area contributed by atoms with Gasteiger partial charge in [-0.1, -0.05) is 19.0 Å². The van der Waals surface area contributed by atoms with Crippen molar-refractivity contribution in [2.45, 2.75) is 44.9 Å². The number of aromatic nitrogens is 2. The van der Waals surface area contributed by atoms with E-state index in [1.165, 1.54) is 6.26 Å². The summed E-state index contributed by atoms with van der Waals surface area (Å²) in [6.07, 6.45) is 4.20. The van der Waals surface area contributed by atoms with Crippen molar-refractivity contribution in [1.82, 2.24) is 15.0 Å². The van der Waals surface area contributed by atoms with Crippen LogP contribution in [0.3, 0.4) is 0 Å². The maximum absolute atomic E-state index is 12.2. The van der Waals surface area contributed by atoms with Crippen LogP contribution in [0, 0.1) is 0 Å². The highest BCUT2D eigenvalue weighted by Crippen LogP contribution is 2.28. The van der Waals surface area contributed by atoms with E-state index in [4.69, 9.17) is 8.94 Å². The average Bonchev–Trinajstić information content (AvgIpc) is 3.25. The van der Waals surface area contributed by atoms with Crippen LogP contribution in [0.5, 0.6) is 0 Å². The number of amides is 1. The van der Waals surface area contributed by atoms with Crippen molar-refractivity contribution < 1.29 is 13.7 Å². The molecule has 0 bridgehead atoms. The molecule has 6 nitrogen and oxygen atoms in total. The minimum absolute atomic E-state index is 0.0470. The predicted octanol–water partition coefficient (Wildman–Crippen LogP) is 3.20. The lowest BCUT2D eigenvalue weighted by molar-refractivity contribution is 0.0672. The molecule has 1 aliphatic heterocycles. The second-order valence-electron chi connectivity index (χ2n) is 5.84. The van der Waals surface area contributed by atoms with Crippen LogP contribution >= 0.6 is 0 Å². The first-order valence-electron chi connectivity index (χ1n) is 7.85. The Morgan fingerprint density at radius 1 is 1.45 bits per heavy atom. The monoisotopic (exact) mass is 303 g/mol. The Kier molecular flexibility index (Phi) is 4.27. The Balaban J connectivity index is 1.60. The van der Waals surface area contributed by atoms with Crippen molar-refractivity contribution in [3.05, 3.63) is 35.9 Å². The van der Waals surface area contributed by atoms with Crippen LogP contribution in [0.1, 0.15) is 67.2 Å². The van der Waals surface area contributed by atoms with Gasteiger partial charge in [0.25, 0.3) is 5.91 Å². The number of piperidine rings is 1. The van der Waals surface area contributed by atoms with E-state index in [2.05, 4.69) is 24.0 Å². The molecule has 6 heteroatoms. The van der Waals surface area contributed by atoms with Crippen molar-refractivity contribution in [1.29, 1.82) is 0 Å². The second-order valence-corrected chi connectivity index (χ2v) is 5.84. The zero-order valence-electron chi connectivity index (χ0n) is 13.0. The lowest BCUT2D eigenvalue weighted by Gasteiger charge is -2.29. The van der Waals surface area contributed by atoms with E-state index in [1.807, 2.05) is 4.90 Å².